The normalized spacial score (nSPS) is 33.8. The van der Waals surface area contributed by atoms with Gasteiger partial charge in [-0.2, -0.15) is 0 Å². The summed E-state index contributed by atoms with van der Waals surface area (Å²) in [6, 6.07) is 8.83. The van der Waals surface area contributed by atoms with Crippen molar-refractivity contribution in [3.05, 3.63) is 102 Å². The van der Waals surface area contributed by atoms with Crippen molar-refractivity contribution in [1.29, 1.82) is 0 Å². The Hall–Kier alpha value is -2.42. The molecular formula is C28H36N2. The maximum atomic E-state index is 6.49. The average molecular weight is 401 g/mol. The van der Waals surface area contributed by atoms with Gasteiger partial charge >= 0.3 is 0 Å². The van der Waals surface area contributed by atoms with Crippen LogP contribution in [-0.2, 0) is 6.42 Å². The van der Waals surface area contributed by atoms with E-state index in [0.29, 0.717) is 0 Å². The van der Waals surface area contributed by atoms with Crippen LogP contribution < -0.4 is 11.5 Å². The lowest BCUT2D eigenvalue weighted by atomic mass is 9.81. The minimum atomic E-state index is -0.426. The van der Waals surface area contributed by atoms with Crippen molar-refractivity contribution in [1.82, 2.24) is 0 Å². The van der Waals surface area contributed by atoms with E-state index in [2.05, 4.69) is 87.6 Å². The number of aryl methyl sites for hydroxylation is 1. The summed E-state index contributed by atoms with van der Waals surface area (Å²) in [6.07, 6.45) is 24.5. The summed E-state index contributed by atoms with van der Waals surface area (Å²) in [5, 5.41) is 0. The van der Waals surface area contributed by atoms with Crippen LogP contribution in [0.5, 0.6) is 0 Å². The third-order valence-electron chi connectivity index (χ3n) is 6.06. The molecule has 0 aliphatic heterocycles. The van der Waals surface area contributed by atoms with Gasteiger partial charge in [-0.25, -0.2) is 0 Å². The van der Waals surface area contributed by atoms with E-state index in [1.807, 2.05) is 25.2 Å². The molecule has 3 atom stereocenters. The second-order valence-corrected chi connectivity index (χ2v) is 9.49. The van der Waals surface area contributed by atoms with E-state index in [9.17, 15) is 0 Å². The number of rotatable bonds is 5. The van der Waals surface area contributed by atoms with E-state index in [1.165, 1.54) is 16.7 Å². The number of hydrogen-bond acceptors (Lipinski definition) is 2. The Bertz CT molecular complexity index is 933. The molecule has 0 amide bonds. The fourth-order valence-corrected chi connectivity index (χ4v) is 3.80. The quantitative estimate of drug-likeness (QED) is 0.593. The molecule has 158 valence electrons. The van der Waals surface area contributed by atoms with Gasteiger partial charge in [-0.1, -0.05) is 98.9 Å². The van der Waals surface area contributed by atoms with Gasteiger partial charge in [0.2, 0.25) is 0 Å². The Labute approximate surface area is 182 Å². The fraction of sp³-hybridized carbons (Fsp3) is 0.357. The first kappa shape index (κ1) is 22.3. The molecule has 0 aromatic heterocycles. The van der Waals surface area contributed by atoms with Crippen LogP contribution in [0.3, 0.4) is 0 Å². The van der Waals surface area contributed by atoms with Crippen molar-refractivity contribution < 1.29 is 0 Å². The van der Waals surface area contributed by atoms with Crippen LogP contribution in [0.4, 0.5) is 0 Å². The average Bonchev–Trinajstić information content (AvgIpc) is 2.88. The zero-order valence-electron chi connectivity index (χ0n) is 18.9. The molecule has 1 aromatic carbocycles. The Kier molecular flexibility index (Phi) is 6.50. The molecule has 2 aliphatic carbocycles. The number of hydrogen-bond donors (Lipinski definition) is 2. The van der Waals surface area contributed by atoms with E-state index < -0.39 is 11.1 Å². The zero-order valence-corrected chi connectivity index (χ0v) is 18.9. The van der Waals surface area contributed by atoms with E-state index in [1.54, 1.807) is 0 Å². The van der Waals surface area contributed by atoms with Gasteiger partial charge in [-0.05, 0) is 55.4 Å². The summed E-state index contributed by atoms with van der Waals surface area (Å²) in [7, 11) is 0. The molecule has 30 heavy (non-hydrogen) atoms. The summed E-state index contributed by atoms with van der Waals surface area (Å²) in [6.45, 7) is 8.57. The van der Waals surface area contributed by atoms with Gasteiger partial charge in [0.05, 0.1) is 11.1 Å². The van der Waals surface area contributed by atoms with Crippen molar-refractivity contribution >= 4 is 5.57 Å². The van der Waals surface area contributed by atoms with Crippen LogP contribution in [-0.4, -0.2) is 11.1 Å². The maximum absolute atomic E-state index is 6.49. The molecule has 1 aromatic rings. The van der Waals surface area contributed by atoms with Crippen LogP contribution in [0.2, 0.25) is 0 Å². The van der Waals surface area contributed by atoms with Crippen molar-refractivity contribution in [3.63, 3.8) is 0 Å². The van der Waals surface area contributed by atoms with E-state index in [4.69, 9.17) is 11.5 Å². The first-order valence-electron chi connectivity index (χ1n) is 11.0. The highest BCUT2D eigenvalue weighted by Crippen LogP contribution is 2.30. The summed E-state index contributed by atoms with van der Waals surface area (Å²) in [5.74, 6) is 0. The predicted molar refractivity (Wildman–Crippen MR) is 131 cm³/mol. The van der Waals surface area contributed by atoms with E-state index >= 15 is 0 Å². The molecule has 0 spiro atoms. The van der Waals surface area contributed by atoms with Gasteiger partial charge in [0.15, 0.2) is 0 Å². The largest absolute Gasteiger partial charge is 0.319 e. The topological polar surface area (TPSA) is 52.0 Å². The first-order chi connectivity index (χ1) is 14.1. The molecular weight excluding hydrogens is 364 g/mol. The summed E-state index contributed by atoms with van der Waals surface area (Å²) >= 11 is 0. The molecule has 0 bridgehead atoms. The first-order valence-corrected chi connectivity index (χ1v) is 11.0. The van der Waals surface area contributed by atoms with Gasteiger partial charge in [0, 0.05) is 5.41 Å². The fourth-order valence-electron chi connectivity index (χ4n) is 3.80. The van der Waals surface area contributed by atoms with Crippen LogP contribution in [0.15, 0.2) is 90.6 Å². The van der Waals surface area contributed by atoms with Gasteiger partial charge in [-0.15, -0.1) is 0 Å². The van der Waals surface area contributed by atoms with Crippen molar-refractivity contribution in [2.24, 2.45) is 16.9 Å². The second kappa shape index (κ2) is 8.75. The molecule has 4 N–H and O–H groups in total. The summed E-state index contributed by atoms with van der Waals surface area (Å²) in [4.78, 5) is 0. The standard InChI is InChI=1S/C28H36N2/c1-5-26(2)17-15-23(20-28(4,30)19-18-26)10-9-22-11-13-24(14-12-22)25-8-6-7-16-27(3,29)21-25/h6-8,11-21H,5,9-10,29-30H2,1-4H3/b17-15-,19-18?,23-20-. The molecule has 0 fully saturated rings. The molecule has 2 aliphatic rings. The molecule has 0 heterocycles. The van der Waals surface area contributed by atoms with Gasteiger partial charge in [-0.3, -0.25) is 0 Å². The van der Waals surface area contributed by atoms with E-state index in [-0.39, 0.29) is 5.41 Å². The Morgan fingerprint density at radius 2 is 1.43 bits per heavy atom. The minimum absolute atomic E-state index is 0.0636. The number of benzene rings is 1. The zero-order chi connectivity index (χ0) is 21.8. The van der Waals surface area contributed by atoms with Crippen molar-refractivity contribution in [3.8, 4) is 0 Å². The highest BCUT2D eigenvalue weighted by atomic mass is 14.7. The smallest absolute Gasteiger partial charge is 0.0508 e. The number of allylic oxidation sites excluding steroid dienone is 8. The molecule has 2 heteroatoms. The van der Waals surface area contributed by atoms with Crippen molar-refractivity contribution in [2.45, 2.75) is 58.0 Å². The highest BCUT2D eigenvalue weighted by molar-refractivity contribution is 5.76. The summed E-state index contributed by atoms with van der Waals surface area (Å²) < 4.78 is 0. The lowest BCUT2D eigenvalue weighted by Gasteiger charge is -2.26. The van der Waals surface area contributed by atoms with Gasteiger partial charge in [0.25, 0.3) is 0 Å². The summed E-state index contributed by atoms with van der Waals surface area (Å²) in [5.41, 5.74) is 17.0. The van der Waals surface area contributed by atoms with Crippen molar-refractivity contribution in [2.75, 3.05) is 0 Å². The van der Waals surface area contributed by atoms with Crippen LogP contribution in [0.25, 0.3) is 5.57 Å². The Morgan fingerprint density at radius 1 is 0.733 bits per heavy atom. The monoisotopic (exact) mass is 400 g/mol. The molecule has 3 unspecified atom stereocenters. The molecule has 0 radical (unpaired) electrons. The van der Waals surface area contributed by atoms with E-state index in [0.717, 1.165) is 24.8 Å². The molecule has 3 rings (SSSR count). The maximum Gasteiger partial charge on any atom is 0.0508 e. The van der Waals surface area contributed by atoms with Crippen LogP contribution in [0.1, 0.15) is 51.7 Å². The second-order valence-electron chi connectivity index (χ2n) is 9.49. The lowest BCUT2D eigenvalue weighted by Crippen LogP contribution is -2.32. The highest BCUT2D eigenvalue weighted by Gasteiger charge is 2.20. The third-order valence-corrected chi connectivity index (χ3v) is 6.06. The predicted octanol–water partition coefficient (Wildman–Crippen LogP) is 6.03. The minimum Gasteiger partial charge on any atom is -0.319 e. The Morgan fingerprint density at radius 3 is 2.13 bits per heavy atom. The molecule has 2 nitrogen and oxygen atoms in total. The molecule has 0 saturated heterocycles. The van der Waals surface area contributed by atoms with Gasteiger partial charge in [0.1, 0.15) is 0 Å². The molecule has 0 saturated carbocycles. The van der Waals surface area contributed by atoms with Crippen LogP contribution >= 0.6 is 0 Å². The Balaban J connectivity index is 1.73. The number of nitrogens with two attached hydrogens (primary N) is 2. The lowest BCUT2D eigenvalue weighted by molar-refractivity contribution is 0.521. The van der Waals surface area contributed by atoms with Gasteiger partial charge < -0.3 is 11.5 Å². The SMILES string of the molecule is CCC1(C)C=CC(C)(N)/C=C(CCc2ccc(C3=CC(C)(N)C=CC=C3)cc2)\C=C/1. The van der Waals surface area contributed by atoms with Crippen LogP contribution in [0, 0.1) is 5.41 Å². The third kappa shape index (κ3) is 6.04.